The van der Waals surface area contributed by atoms with Gasteiger partial charge in [0.1, 0.15) is 17.1 Å². The van der Waals surface area contributed by atoms with Gasteiger partial charge >= 0.3 is 0 Å². The van der Waals surface area contributed by atoms with Crippen LogP contribution < -0.4 is 15.4 Å². The number of carbonyl (C=O) groups is 1. The molecule has 0 unspecified atom stereocenters. The van der Waals surface area contributed by atoms with Crippen molar-refractivity contribution in [3.63, 3.8) is 0 Å². The number of nitriles is 1. The van der Waals surface area contributed by atoms with Crippen molar-refractivity contribution in [1.82, 2.24) is 9.78 Å². The highest BCUT2D eigenvalue weighted by atomic mass is 16.5. The second kappa shape index (κ2) is 6.22. The number of nitrogens with two attached hydrogens (primary N) is 1. The molecule has 2 N–H and O–H groups in total. The van der Waals surface area contributed by atoms with Gasteiger partial charge in [-0.05, 0) is 32.0 Å². The molecule has 0 saturated heterocycles. The summed E-state index contributed by atoms with van der Waals surface area (Å²) in [5.41, 5.74) is 8.39. The average molecular weight is 397 g/mol. The van der Waals surface area contributed by atoms with Crippen LogP contribution in [0.4, 0.5) is 5.69 Å². The third-order valence-corrected chi connectivity index (χ3v) is 5.81. The molecular formula is C23H19N5O2. The average Bonchev–Trinajstić information content (AvgIpc) is 3.21. The molecule has 0 fully saturated rings. The molecule has 2 aromatic carbocycles. The van der Waals surface area contributed by atoms with E-state index in [0.717, 1.165) is 16.9 Å². The first-order chi connectivity index (χ1) is 14.6. The molecule has 1 amide bonds. The van der Waals surface area contributed by atoms with Gasteiger partial charge in [-0.1, -0.05) is 36.4 Å². The maximum atomic E-state index is 13.9. The summed E-state index contributed by atoms with van der Waals surface area (Å²) in [4.78, 5) is 15.6. The largest absolute Gasteiger partial charge is 0.422 e. The summed E-state index contributed by atoms with van der Waals surface area (Å²) < 4.78 is 7.56. The SMILES string of the molecule is CCN1C(=O)[C@]2(C(C#N)=C(N)Oc3c2c(C)nn3-c2ccccc2)c2ccccc21. The molecule has 1 aromatic heterocycles. The Balaban J connectivity index is 1.91. The zero-order chi connectivity index (χ0) is 21.0. The first kappa shape index (κ1) is 18.0. The Labute approximate surface area is 173 Å². The van der Waals surface area contributed by atoms with Crippen molar-refractivity contribution in [1.29, 1.82) is 5.26 Å². The Morgan fingerprint density at radius 2 is 1.87 bits per heavy atom. The molecule has 7 nitrogen and oxygen atoms in total. The van der Waals surface area contributed by atoms with E-state index < -0.39 is 5.41 Å². The fraction of sp³-hybridized carbons (Fsp3) is 0.174. The van der Waals surface area contributed by atoms with Crippen molar-refractivity contribution in [2.45, 2.75) is 19.3 Å². The van der Waals surface area contributed by atoms with Crippen LogP contribution in [-0.4, -0.2) is 22.2 Å². The smallest absolute Gasteiger partial charge is 0.247 e. The van der Waals surface area contributed by atoms with Crippen LogP contribution in [0.5, 0.6) is 5.88 Å². The Bertz CT molecular complexity index is 1270. The fourth-order valence-corrected chi connectivity index (χ4v) is 4.63. The van der Waals surface area contributed by atoms with Crippen molar-refractivity contribution in [2.24, 2.45) is 5.73 Å². The van der Waals surface area contributed by atoms with Crippen molar-refractivity contribution in [3.05, 3.63) is 82.9 Å². The van der Waals surface area contributed by atoms with Gasteiger partial charge in [-0.25, -0.2) is 4.68 Å². The van der Waals surface area contributed by atoms with Crippen molar-refractivity contribution in [2.75, 3.05) is 11.4 Å². The number of benzene rings is 2. The number of rotatable bonds is 2. The lowest BCUT2D eigenvalue weighted by Gasteiger charge is -2.33. The highest BCUT2D eigenvalue weighted by Gasteiger charge is 2.60. The van der Waals surface area contributed by atoms with E-state index in [1.165, 1.54) is 0 Å². The van der Waals surface area contributed by atoms with Gasteiger partial charge in [-0.2, -0.15) is 10.4 Å². The minimum Gasteiger partial charge on any atom is -0.422 e. The molecule has 148 valence electrons. The molecule has 1 spiro atoms. The van der Waals surface area contributed by atoms with Gasteiger partial charge in [0.2, 0.25) is 17.7 Å². The number of ether oxygens (including phenoxy) is 1. The summed E-state index contributed by atoms with van der Waals surface area (Å²) in [6, 6.07) is 19.2. The molecule has 2 aliphatic rings. The number of carbonyl (C=O) groups excluding carboxylic acids is 1. The summed E-state index contributed by atoms with van der Waals surface area (Å²) in [6.07, 6.45) is 0. The first-order valence-electron chi connectivity index (χ1n) is 9.70. The van der Waals surface area contributed by atoms with Crippen LogP contribution in [0.15, 0.2) is 66.1 Å². The number of anilines is 1. The van der Waals surface area contributed by atoms with Crippen LogP contribution in [0.1, 0.15) is 23.7 Å². The zero-order valence-corrected chi connectivity index (χ0v) is 16.6. The van der Waals surface area contributed by atoms with E-state index >= 15 is 0 Å². The van der Waals surface area contributed by atoms with E-state index in [1.54, 1.807) is 9.58 Å². The standard InChI is InChI=1S/C23H19N5O2/c1-3-27-18-12-8-7-11-16(18)23(22(27)29)17(13-24)20(25)30-21-19(23)14(2)26-28(21)15-9-5-4-6-10-15/h4-12H,3,25H2,1-2H3/t23-/m0/s1. The molecule has 1 atom stereocenters. The monoisotopic (exact) mass is 397 g/mol. The number of para-hydroxylation sites is 2. The van der Waals surface area contributed by atoms with Gasteiger partial charge in [-0.3, -0.25) is 4.79 Å². The molecule has 2 aliphatic heterocycles. The zero-order valence-electron chi connectivity index (χ0n) is 16.6. The lowest BCUT2D eigenvalue weighted by Crippen LogP contribution is -2.46. The Morgan fingerprint density at radius 1 is 1.17 bits per heavy atom. The Kier molecular flexibility index (Phi) is 3.74. The molecule has 5 rings (SSSR count). The number of aryl methyl sites for hydroxylation is 1. The van der Waals surface area contributed by atoms with Gasteiger partial charge in [0.05, 0.1) is 16.9 Å². The lowest BCUT2D eigenvalue weighted by atomic mass is 9.69. The molecule has 0 saturated carbocycles. The van der Waals surface area contributed by atoms with Crippen LogP contribution in [-0.2, 0) is 10.2 Å². The summed E-state index contributed by atoms with van der Waals surface area (Å²) in [7, 11) is 0. The molecule has 0 bridgehead atoms. The highest BCUT2D eigenvalue weighted by Crippen LogP contribution is 2.56. The topological polar surface area (TPSA) is 97.2 Å². The third kappa shape index (κ3) is 2.02. The van der Waals surface area contributed by atoms with Gasteiger partial charge in [0.25, 0.3) is 0 Å². The highest BCUT2D eigenvalue weighted by molar-refractivity contribution is 6.14. The van der Waals surface area contributed by atoms with Crippen LogP contribution in [0, 0.1) is 18.3 Å². The predicted molar refractivity (Wildman–Crippen MR) is 111 cm³/mol. The summed E-state index contributed by atoms with van der Waals surface area (Å²) in [5.74, 6) is 0.0606. The maximum Gasteiger partial charge on any atom is 0.247 e. The Hall–Kier alpha value is -4.05. The molecule has 3 heterocycles. The number of nitrogens with zero attached hydrogens (tertiary/aromatic N) is 4. The van der Waals surface area contributed by atoms with E-state index in [1.807, 2.05) is 68.4 Å². The van der Waals surface area contributed by atoms with Crippen LogP contribution in [0.2, 0.25) is 0 Å². The second-order valence-corrected chi connectivity index (χ2v) is 7.28. The van der Waals surface area contributed by atoms with Crippen LogP contribution in [0.3, 0.4) is 0 Å². The quantitative estimate of drug-likeness (QED) is 0.717. The van der Waals surface area contributed by atoms with Gasteiger partial charge < -0.3 is 15.4 Å². The first-order valence-corrected chi connectivity index (χ1v) is 9.70. The normalized spacial score (nSPS) is 19.5. The lowest BCUT2D eigenvalue weighted by molar-refractivity contribution is -0.120. The van der Waals surface area contributed by atoms with Crippen LogP contribution >= 0.6 is 0 Å². The molecule has 3 aromatic rings. The molecule has 30 heavy (non-hydrogen) atoms. The van der Waals surface area contributed by atoms with Crippen molar-refractivity contribution < 1.29 is 9.53 Å². The van der Waals surface area contributed by atoms with E-state index in [9.17, 15) is 10.1 Å². The molecule has 0 aliphatic carbocycles. The maximum absolute atomic E-state index is 13.9. The second-order valence-electron chi connectivity index (χ2n) is 7.28. The van der Waals surface area contributed by atoms with Gasteiger partial charge in [0, 0.05) is 17.8 Å². The van der Waals surface area contributed by atoms with E-state index in [0.29, 0.717) is 23.7 Å². The van der Waals surface area contributed by atoms with Gasteiger partial charge in [0.15, 0.2) is 0 Å². The summed E-state index contributed by atoms with van der Waals surface area (Å²) in [6.45, 7) is 4.20. The number of likely N-dealkylation sites (N-methyl/N-ethyl adjacent to an activating group) is 1. The fourth-order valence-electron chi connectivity index (χ4n) is 4.63. The van der Waals surface area contributed by atoms with E-state index in [4.69, 9.17) is 10.5 Å². The van der Waals surface area contributed by atoms with Crippen molar-refractivity contribution >= 4 is 11.6 Å². The number of amides is 1. The molecular weight excluding hydrogens is 378 g/mol. The molecule has 7 heteroatoms. The summed E-state index contributed by atoms with van der Waals surface area (Å²) in [5, 5.41) is 14.7. The van der Waals surface area contributed by atoms with Crippen LogP contribution in [0.25, 0.3) is 5.69 Å². The third-order valence-electron chi connectivity index (χ3n) is 5.81. The van der Waals surface area contributed by atoms with E-state index in [-0.39, 0.29) is 17.4 Å². The predicted octanol–water partition coefficient (Wildman–Crippen LogP) is 2.92. The van der Waals surface area contributed by atoms with Gasteiger partial charge in [-0.15, -0.1) is 0 Å². The van der Waals surface area contributed by atoms with Crippen molar-refractivity contribution in [3.8, 4) is 17.6 Å². The number of aromatic nitrogens is 2. The minimum atomic E-state index is -1.38. The summed E-state index contributed by atoms with van der Waals surface area (Å²) >= 11 is 0. The number of fused-ring (bicyclic) bond motifs is 4. The molecule has 0 radical (unpaired) electrons. The number of hydrogen-bond acceptors (Lipinski definition) is 5. The number of hydrogen-bond donors (Lipinski definition) is 1. The van der Waals surface area contributed by atoms with E-state index in [2.05, 4.69) is 11.2 Å². The minimum absolute atomic E-state index is 0.0804. The Morgan fingerprint density at radius 3 is 2.57 bits per heavy atom.